The Morgan fingerprint density at radius 2 is 2.75 bits per heavy atom. The average molecular weight is 116 g/mol. The molecule has 0 aromatic heterocycles. The maximum absolute atomic E-state index is 10.0. The molecule has 4 heteroatoms. The predicted octanol–water partition coefficient (Wildman–Crippen LogP) is -0.821. The van der Waals surface area contributed by atoms with Crippen LogP contribution in [0.5, 0.6) is 0 Å². The molecular weight excluding hydrogens is 110 g/mol. The van der Waals surface area contributed by atoms with Crippen LogP contribution in [0.15, 0.2) is 0 Å². The SMILES string of the molecule is O=C(O)C1CO[CH]N1. The number of carboxylic acids is 1. The van der Waals surface area contributed by atoms with Crippen molar-refractivity contribution in [3.8, 4) is 0 Å². The summed E-state index contributed by atoms with van der Waals surface area (Å²) in [5, 5.41) is 10.8. The third-order valence-electron chi connectivity index (χ3n) is 0.914. The number of hydrogen-bond donors (Lipinski definition) is 2. The number of carboxylic acid groups (broad SMARTS) is 1. The molecule has 0 amide bonds. The number of hydrogen-bond acceptors (Lipinski definition) is 3. The average Bonchev–Trinajstić information content (AvgIpc) is 2.12. The van der Waals surface area contributed by atoms with E-state index in [0.717, 1.165) is 0 Å². The smallest absolute Gasteiger partial charge is 0.323 e. The van der Waals surface area contributed by atoms with Gasteiger partial charge in [0.05, 0.1) is 6.61 Å². The minimum absolute atomic E-state index is 0.231. The molecule has 1 heterocycles. The zero-order valence-corrected chi connectivity index (χ0v) is 4.13. The van der Waals surface area contributed by atoms with Gasteiger partial charge in [0.25, 0.3) is 0 Å². The maximum atomic E-state index is 10.0. The maximum Gasteiger partial charge on any atom is 0.323 e. The van der Waals surface area contributed by atoms with Gasteiger partial charge in [0, 0.05) is 0 Å². The first-order valence-corrected chi connectivity index (χ1v) is 2.23. The molecule has 4 nitrogen and oxygen atoms in total. The molecule has 8 heavy (non-hydrogen) atoms. The van der Waals surface area contributed by atoms with Gasteiger partial charge in [0.2, 0.25) is 0 Å². The minimum Gasteiger partial charge on any atom is -0.480 e. The molecule has 0 saturated carbocycles. The van der Waals surface area contributed by atoms with Gasteiger partial charge in [-0.3, -0.25) is 10.1 Å². The molecule has 45 valence electrons. The molecule has 0 aromatic carbocycles. The highest BCUT2D eigenvalue weighted by molar-refractivity contribution is 5.73. The molecule has 1 aliphatic rings. The van der Waals surface area contributed by atoms with Crippen molar-refractivity contribution >= 4 is 5.97 Å². The van der Waals surface area contributed by atoms with E-state index in [9.17, 15) is 4.79 Å². The van der Waals surface area contributed by atoms with Crippen molar-refractivity contribution in [1.82, 2.24) is 5.32 Å². The van der Waals surface area contributed by atoms with Gasteiger partial charge < -0.3 is 9.84 Å². The monoisotopic (exact) mass is 116 g/mol. The zero-order valence-electron chi connectivity index (χ0n) is 4.13. The molecule has 1 unspecified atom stereocenters. The van der Waals surface area contributed by atoms with Crippen molar-refractivity contribution in [3.05, 3.63) is 6.73 Å². The predicted molar refractivity (Wildman–Crippen MR) is 24.8 cm³/mol. The Morgan fingerprint density at radius 3 is 3.00 bits per heavy atom. The van der Waals surface area contributed by atoms with Crippen LogP contribution in [-0.4, -0.2) is 23.7 Å². The van der Waals surface area contributed by atoms with E-state index in [-0.39, 0.29) is 6.61 Å². The number of aliphatic carboxylic acids is 1. The lowest BCUT2D eigenvalue weighted by atomic mass is 10.3. The quantitative estimate of drug-likeness (QED) is 0.470. The van der Waals surface area contributed by atoms with E-state index >= 15 is 0 Å². The second-order valence-corrected chi connectivity index (χ2v) is 1.51. The minimum atomic E-state index is -0.876. The van der Waals surface area contributed by atoms with Gasteiger partial charge in [-0.15, -0.1) is 0 Å². The van der Waals surface area contributed by atoms with E-state index < -0.39 is 12.0 Å². The third-order valence-corrected chi connectivity index (χ3v) is 0.914. The Labute approximate surface area is 46.4 Å². The van der Waals surface area contributed by atoms with E-state index in [2.05, 4.69) is 10.1 Å². The lowest BCUT2D eigenvalue weighted by Crippen LogP contribution is -2.31. The zero-order chi connectivity index (χ0) is 5.98. The van der Waals surface area contributed by atoms with E-state index in [1.54, 1.807) is 0 Å². The van der Waals surface area contributed by atoms with Crippen LogP contribution in [0.25, 0.3) is 0 Å². The summed E-state index contributed by atoms with van der Waals surface area (Å²) in [6.45, 7) is 1.52. The fourth-order valence-electron chi connectivity index (χ4n) is 0.465. The van der Waals surface area contributed by atoms with Gasteiger partial charge >= 0.3 is 5.97 Å². The van der Waals surface area contributed by atoms with Gasteiger partial charge in [-0.25, -0.2) is 0 Å². The molecular formula is C4H6NO3. The molecule has 0 spiro atoms. The molecule has 0 aromatic rings. The number of nitrogens with one attached hydrogen (secondary N) is 1. The Morgan fingerprint density at radius 1 is 2.00 bits per heavy atom. The van der Waals surface area contributed by atoms with Crippen LogP contribution in [0.3, 0.4) is 0 Å². The first kappa shape index (κ1) is 5.53. The fraction of sp³-hybridized carbons (Fsp3) is 0.500. The Bertz CT molecular complexity index is 97.5. The molecule has 1 fully saturated rings. The van der Waals surface area contributed by atoms with Crippen molar-refractivity contribution in [3.63, 3.8) is 0 Å². The number of rotatable bonds is 1. The molecule has 1 radical (unpaired) electrons. The van der Waals surface area contributed by atoms with Crippen LogP contribution < -0.4 is 5.32 Å². The van der Waals surface area contributed by atoms with Crippen molar-refractivity contribution in [2.45, 2.75) is 6.04 Å². The first-order valence-electron chi connectivity index (χ1n) is 2.23. The standard InChI is InChI=1S/C4H6NO3/c6-4(7)3-1-8-2-5-3/h2-3,5H,1H2,(H,6,7). The lowest BCUT2D eigenvalue weighted by molar-refractivity contribution is -0.139. The fourth-order valence-corrected chi connectivity index (χ4v) is 0.465. The second-order valence-electron chi connectivity index (χ2n) is 1.51. The van der Waals surface area contributed by atoms with Gasteiger partial charge in [-0.2, -0.15) is 0 Å². The van der Waals surface area contributed by atoms with E-state index in [1.807, 2.05) is 0 Å². The Balaban J connectivity index is 2.35. The molecule has 0 aliphatic carbocycles. The normalized spacial score (nSPS) is 28.2. The van der Waals surface area contributed by atoms with E-state index in [0.29, 0.717) is 0 Å². The summed E-state index contributed by atoms with van der Waals surface area (Å²) < 4.78 is 4.60. The molecule has 0 bridgehead atoms. The van der Waals surface area contributed by atoms with Crippen molar-refractivity contribution in [1.29, 1.82) is 0 Å². The van der Waals surface area contributed by atoms with Gasteiger partial charge in [-0.1, -0.05) is 0 Å². The summed E-state index contributed by atoms with van der Waals surface area (Å²) >= 11 is 0. The van der Waals surface area contributed by atoms with Crippen LogP contribution >= 0.6 is 0 Å². The van der Waals surface area contributed by atoms with Gasteiger partial charge in [0.1, 0.15) is 12.8 Å². The van der Waals surface area contributed by atoms with Crippen LogP contribution in [0, 0.1) is 6.73 Å². The molecule has 1 rings (SSSR count). The summed E-state index contributed by atoms with van der Waals surface area (Å²) in [4.78, 5) is 10.0. The van der Waals surface area contributed by atoms with Gasteiger partial charge in [0.15, 0.2) is 0 Å². The molecule has 1 aliphatic heterocycles. The van der Waals surface area contributed by atoms with Crippen LogP contribution in [0.2, 0.25) is 0 Å². The highest BCUT2D eigenvalue weighted by Crippen LogP contribution is 1.96. The highest BCUT2D eigenvalue weighted by atomic mass is 16.5. The van der Waals surface area contributed by atoms with Crippen LogP contribution in [-0.2, 0) is 9.53 Å². The number of carbonyl (C=O) groups is 1. The van der Waals surface area contributed by atoms with E-state index in [1.165, 1.54) is 6.73 Å². The largest absolute Gasteiger partial charge is 0.480 e. The third kappa shape index (κ3) is 0.962. The summed E-state index contributed by atoms with van der Waals surface area (Å²) in [7, 11) is 0. The summed E-state index contributed by atoms with van der Waals surface area (Å²) in [5.41, 5.74) is 0. The first-order chi connectivity index (χ1) is 3.80. The summed E-state index contributed by atoms with van der Waals surface area (Å²) in [6.07, 6.45) is 0. The molecule has 2 N–H and O–H groups in total. The number of ether oxygens (including phenoxy) is 1. The Kier molecular flexibility index (Phi) is 1.45. The van der Waals surface area contributed by atoms with Crippen molar-refractivity contribution in [2.24, 2.45) is 0 Å². The van der Waals surface area contributed by atoms with E-state index in [4.69, 9.17) is 5.11 Å². The molecule has 1 saturated heterocycles. The highest BCUT2D eigenvalue weighted by Gasteiger charge is 2.21. The van der Waals surface area contributed by atoms with Crippen LogP contribution in [0.4, 0.5) is 0 Å². The molecule has 1 atom stereocenters. The summed E-state index contributed by atoms with van der Waals surface area (Å²) in [6, 6.07) is -0.546. The van der Waals surface area contributed by atoms with Crippen LogP contribution in [0.1, 0.15) is 0 Å². The second kappa shape index (κ2) is 2.11. The lowest BCUT2D eigenvalue weighted by Gasteiger charge is -1.96. The van der Waals surface area contributed by atoms with Gasteiger partial charge in [-0.05, 0) is 0 Å². The Hall–Kier alpha value is -0.610. The van der Waals surface area contributed by atoms with Crippen molar-refractivity contribution in [2.75, 3.05) is 6.61 Å². The summed E-state index contributed by atoms with van der Waals surface area (Å²) in [5.74, 6) is -0.876. The topological polar surface area (TPSA) is 58.6 Å². The van der Waals surface area contributed by atoms with Crippen molar-refractivity contribution < 1.29 is 14.6 Å².